The Morgan fingerprint density at radius 1 is 1.42 bits per heavy atom. The Kier molecular flexibility index (Phi) is 4.14. The van der Waals surface area contributed by atoms with Crippen molar-refractivity contribution in [1.29, 1.82) is 0 Å². The molecule has 2 fully saturated rings. The summed E-state index contributed by atoms with van der Waals surface area (Å²) in [7, 11) is -0.933. The van der Waals surface area contributed by atoms with Crippen LogP contribution < -0.4 is 0 Å². The number of hydrogen-bond donors (Lipinski definition) is 0. The second-order valence-electron chi connectivity index (χ2n) is 6.64. The third-order valence-corrected chi connectivity index (χ3v) is 7.74. The SMILES string of the molecule is CN(Cn1nc(-c2cccs2)n(C2CC2)c1=S)C1CCS(=O)(=O)C1. The molecule has 24 heavy (non-hydrogen) atoms. The van der Waals surface area contributed by atoms with Gasteiger partial charge < -0.3 is 0 Å². The van der Waals surface area contributed by atoms with Gasteiger partial charge in [0.15, 0.2) is 20.4 Å². The monoisotopic (exact) mass is 384 g/mol. The molecule has 4 rings (SSSR count). The summed E-state index contributed by atoms with van der Waals surface area (Å²) >= 11 is 7.33. The molecule has 1 atom stereocenters. The van der Waals surface area contributed by atoms with Crippen LogP contribution in [0.2, 0.25) is 0 Å². The van der Waals surface area contributed by atoms with Crippen LogP contribution in [-0.4, -0.2) is 52.3 Å². The number of sulfone groups is 1. The highest BCUT2D eigenvalue weighted by Gasteiger charge is 2.32. The predicted octanol–water partition coefficient (Wildman–Crippen LogP) is 2.55. The predicted molar refractivity (Wildman–Crippen MR) is 97.5 cm³/mol. The molecular weight excluding hydrogens is 364 g/mol. The molecule has 3 heterocycles. The minimum Gasteiger partial charge on any atom is -0.296 e. The van der Waals surface area contributed by atoms with Crippen molar-refractivity contribution in [2.24, 2.45) is 0 Å². The lowest BCUT2D eigenvalue weighted by Gasteiger charge is -2.22. The third-order valence-electron chi connectivity index (χ3n) is 4.71. The molecular formula is C15H20N4O2S3. The van der Waals surface area contributed by atoms with Crippen LogP contribution in [0.1, 0.15) is 25.3 Å². The van der Waals surface area contributed by atoms with Crippen molar-refractivity contribution in [1.82, 2.24) is 19.2 Å². The first-order valence-electron chi connectivity index (χ1n) is 8.08. The van der Waals surface area contributed by atoms with Gasteiger partial charge in [-0.1, -0.05) is 6.07 Å². The minimum absolute atomic E-state index is 0.0492. The van der Waals surface area contributed by atoms with Crippen LogP contribution >= 0.6 is 23.6 Å². The average Bonchev–Trinajstić information content (AvgIpc) is 2.95. The first-order chi connectivity index (χ1) is 11.4. The van der Waals surface area contributed by atoms with Gasteiger partial charge in [-0.2, -0.15) is 0 Å². The molecule has 0 radical (unpaired) electrons. The Morgan fingerprint density at radius 2 is 2.21 bits per heavy atom. The molecule has 1 unspecified atom stereocenters. The van der Waals surface area contributed by atoms with Gasteiger partial charge in [-0.3, -0.25) is 9.47 Å². The fourth-order valence-electron chi connectivity index (χ4n) is 3.20. The number of rotatable bonds is 5. The van der Waals surface area contributed by atoms with Crippen molar-refractivity contribution in [2.75, 3.05) is 18.6 Å². The second kappa shape index (κ2) is 6.05. The van der Waals surface area contributed by atoms with E-state index < -0.39 is 9.84 Å². The van der Waals surface area contributed by atoms with Gasteiger partial charge in [0, 0.05) is 12.1 Å². The lowest BCUT2D eigenvalue weighted by Crippen LogP contribution is -2.34. The molecule has 130 valence electrons. The first-order valence-corrected chi connectivity index (χ1v) is 11.2. The summed E-state index contributed by atoms with van der Waals surface area (Å²) in [5.41, 5.74) is 0. The van der Waals surface area contributed by atoms with E-state index in [1.165, 1.54) is 0 Å². The number of aromatic nitrogens is 3. The van der Waals surface area contributed by atoms with Gasteiger partial charge in [-0.15, -0.1) is 16.4 Å². The molecule has 9 heteroatoms. The Balaban J connectivity index is 1.62. The molecule has 0 aromatic carbocycles. The van der Waals surface area contributed by atoms with E-state index >= 15 is 0 Å². The molecule has 2 aromatic heterocycles. The minimum atomic E-state index is -2.89. The van der Waals surface area contributed by atoms with Crippen molar-refractivity contribution in [3.05, 3.63) is 22.3 Å². The Morgan fingerprint density at radius 3 is 2.79 bits per heavy atom. The molecule has 0 amide bonds. The van der Waals surface area contributed by atoms with Crippen molar-refractivity contribution in [2.45, 2.75) is 38.0 Å². The van der Waals surface area contributed by atoms with E-state index in [2.05, 4.69) is 15.5 Å². The summed E-state index contributed by atoms with van der Waals surface area (Å²) in [6.07, 6.45) is 2.98. The maximum atomic E-state index is 11.7. The number of nitrogens with zero attached hydrogens (tertiary/aromatic N) is 4. The molecule has 2 aromatic rings. The summed E-state index contributed by atoms with van der Waals surface area (Å²) in [6.45, 7) is 0.525. The molecule has 1 aliphatic carbocycles. The second-order valence-corrected chi connectivity index (χ2v) is 10.2. The molecule has 0 spiro atoms. The summed E-state index contributed by atoms with van der Waals surface area (Å²) in [4.78, 5) is 3.18. The summed E-state index contributed by atoms with van der Waals surface area (Å²) < 4.78 is 28.1. The first kappa shape index (κ1) is 16.4. The van der Waals surface area contributed by atoms with Crippen LogP contribution in [0.25, 0.3) is 10.7 Å². The summed E-state index contributed by atoms with van der Waals surface area (Å²) in [5.74, 6) is 1.45. The van der Waals surface area contributed by atoms with Crippen LogP contribution in [0.4, 0.5) is 0 Å². The topological polar surface area (TPSA) is 60.1 Å². The van der Waals surface area contributed by atoms with Gasteiger partial charge in [-0.05, 0) is 50.0 Å². The van der Waals surface area contributed by atoms with Crippen molar-refractivity contribution >= 4 is 33.4 Å². The van der Waals surface area contributed by atoms with E-state index in [1.807, 2.05) is 23.2 Å². The van der Waals surface area contributed by atoms with Gasteiger partial charge in [0.1, 0.15) is 0 Å². The highest BCUT2D eigenvalue weighted by Crippen LogP contribution is 2.39. The molecule has 6 nitrogen and oxygen atoms in total. The lowest BCUT2D eigenvalue weighted by molar-refractivity contribution is 0.196. The van der Waals surface area contributed by atoms with Gasteiger partial charge in [-0.25, -0.2) is 13.1 Å². The van der Waals surface area contributed by atoms with Gasteiger partial charge in [0.2, 0.25) is 0 Å². The number of thiophene rings is 1. The van der Waals surface area contributed by atoms with Crippen LogP contribution in [0.15, 0.2) is 17.5 Å². The smallest absolute Gasteiger partial charge is 0.199 e. The van der Waals surface area contributed by atoms with E-state index in [-0.39, 0.29) is 17.5 Å². The maximum Gasteiger partial charge on any atom is 0.199 e. The van der Waals surface area contributed by atoms with Crippen LogP contribution in [-0.2, 0) is 16.5 Å². The highest BCUT2D eigenvalue weighted by molar-refractivity contribution is 7.91. The van der Waals surface area contributed by atoms with Crippen LogP contribution in [0.3, 0.4) is 0 Å². The largest absolute Gasteiger partial charge is 0.296 e. The zero-order valence-corrected chi connectivity index (χ0v) is 15.9. The average molecular weight is 385 g/mol. The van der Waals surface area contributed by atoms with E-state index in [0.717, 1.165) is 28.3 Å². The molecule has 1 saturated heterocycles. The Labute approximate surface area is 150 Å². The molecule has 0 N–H and O–H groups in total. The van der Waals surface area contributed by atoms with E-state index in [1.54, 1.807) is 11.3 Å². The number of hydrogen-bond acceptors (Lipinski definition) is 6. The van der Waals surface area contributed by atoms with Gasteiger partial charge in [0.05, 0.1) is 23.1 Å². The van der Waals surface area contributed by atoms with E-state index in [0.29, 0.717) is 19.1 Å². The van der Waals surface area contributed by atoms with Gasteiger partial charge in [0.25, 0.3) is 0 Å². The molecule has 0 bridgehead atoms. The van der Waals surface area contributed by atoms with E-state index in [9.17, 15) is 8.42 Å². The summed E-state index contributed by atoms with van der Waals surface area (Å²) in [5, 5.41) is 6.80. The van der Waals surface area contributed by atoms with Crippen LogP contribution in [0, 0.1) is 4.77 Å². The molecule has 1 saturated carbocycles. The third kappa shape index (κ3) is 3.10. The standard InChI is InChI=1S/C15H20N4O2S3/c1-17(12-6-8-24(20,21)9-12)10-18-15(22)19(11-4-5-11)14(16-18)13-3-2-7-23-13/h2-3,7,11-12H,4-6,8-10H2,1H3. The normalized spacial score (nSPS) is 23.2. The Hall–Kier alpha value is -1.03. The van der Waals surface area contributed by atoms with Gasteiger partial charge >= 0.3 is 0 Å². The quantitative estimate of drug-likeness (QED) is 0.742. The fourth-order valence-corrected chi connectivity index (χ4v) is 6.04. The summed E-state index contributed by atoms with van der Waals surface area (Å²) in [6, 6.07) is 4.60. The van der Waals surface area contributed by atoms with Crippen molar-refractivity contribution in [3.8, 4) is 10.7 Å². The zero-order chi connectivity index (χ0) is 16.9. The lowest BCUT2D eigenvalue weighted by atomic mass is 10.2. The highest BCUT2D eigenvalue weighted by atomic mass is 32.2. The molecule has 2 aliphatic rings. The zero-order valence-electron chi connectivity index (χ0n) is 13.5. The van der Waals surface area contributed by atoms with Crippen LogP contribution in [0.5, 0.6) is 0 Å². The fraction of sp³-hybridized carbons (Fsp3) is 0.600. The van der Waals surface area contributed by atoms with Crippen molar-refractivity contribution in [3.63, 3.8) is 0 Å². The molecule has 1 aliphatic heterocycles. The van der Waals surface area contributed by atoms with E-state index in [4.69, 9.17) is 17.3 Å². The Bertz CT molecular complexity index is 894. The maximum absolute atomic E-state index is 11.7. The van der Waals surface area contributed by atoms with Crippen molar-refractivity contribution < 1.29 is 8.42 Å².